The van der Waals surface area contributed by atoms with Gasteiger partial charge in [0.25, 0.3) is 0 Å². The highest BCUT2D eigenvalue weighted by Gasteiger charge is 2.31. The fourth-order valence-corrected chi connectivity index (χ4v) is 4.11. The molecule has 2 aromatic rings. The van der Waals surface area contributed by atoms with Crippen LogP contribution in [0.25, 0.3) is 0 Å². The molecule has 0 heterocycles. The van der Waals surface area contributed by atoms with Crippen molar-refractivity contribution in [1.82, 2.24) is 0 Å². The van der Waals surface area contributed by atoms with Crippen molar-refractivity contribution >= 4 is 31.4 Å². The average molecular weight is 354 g/mol. The molecular formula is C15H18N2O4S2. The molecule has 0 bridgehead atoms. The van der Waals surface area contributed by atoms with Gasteiger partial charge in [-0.05, 0) is 38.1 Å². The van der Waals surface area contributed by atoms with Crippen molar-refractivity contribution in [2.75, 3.05) is 4.31 Å². The zero-order valence-electron chi connectivity index (χ0n) is 12.7. The number of para-hydroxylation sites is 2. The number of hydrogen-bond acceptors (Lipinski definition) is 4. The van der Waals surface area contributed by atoms with Crippen LogP contribution in [0.15, 0.2) is 59.5 Å². The Kier molecular flexibility index (Phi) is 4.79. The maximum atomic E-state index is 12.8. The molecule has 0 aromatic heterocycles. The molecule has 0 unspecified atom stereocenters. The van der Waals surface area contributed by atoms with Crippen LogP contribution in [0, 0.1) is 0 Å². The van der Waals surface area contributed by atoms with E-state index in [0.717, 1.165) is 4.31 Å². The topological polar surface area (TPSA) is 97.5 Å². The molecule has 0 saturated carbocycles. The summed E-state index contributed by atoms with van der Waals surface area (Å²) in [5.41, 5.74) is 0.354. The Bertz CT molecular complexity index is 892. The molecule has 8 heteroatoms. The third-order valence-corrected chi connectivity index (χ3v) is 6.30. The quantitative estimate of drug-likeness (QED) is 0.890. The lowest BCUT2D eigenvalue weighted by atomic mass is 10.2. The van der Waals surface area contributed by atoms with Gasteiger partial charge in [-0.15, -0.1) is 0 Å². The second kappa shape index (κ2) is 6.31. The van der Waals surface area contributed by atoms with Gasteiger partial charge >= 0.3 is 0 Å². The van der Waals surface area contributed by atoms with Crippen molar-refractivity contribution in [3.8, 4) is 0 Å². The Hall–Kier alpha value is -1.90. The van der Waals surface area contributed by atoms with Gasteiger partial charge in [0.1, 0.15) is 4.90 Å². The van der Waals surface area contributed by atoms with E-state index in [-0.39, 0.29) is 10.6 Å². The van der Waals surface area contributed by atoms with Crippen LogP contribution >= 0.6 is 0 Å². The van der Waals surface area contributed by atoms with Crippen LogP contribution in [0.5, 0.6) is 0 Å². The number of anilines is 2. The van der Waals surface area contributed by atoms with Gasteiger partial charge in [-0.25, -0.2) is 26.3 Å². The summed E-state index contributed by atoms with van der Waals surface area (Å²) in [6.07, 6.45) is 0. The predicted octanol–water partition coefficient (Wildman–Crippen LogP) is 2.21. The predicted molar refractivity (Wildman–Crippen MR) is 90.5 cm³/mol. The summed E-state index contributed by atoms with van der Waals surface area (Å²) in [4.78, 5) is -0.243. The van der Waals surface area contributed by atoms with Gasteiger partial charge in [-0.3, -0.25) is 0 Å². The molecule has 2 aromatic carbocycles. The van der Waals surface area contributed by atoms with Crippen LogP contribution in [0.2, 0.25) is 0 Å². The lowest BCUT2D eigenvalue weighted by Crippen LogP contribution is -2.34. The van der Waals surface area contributed by atoms with Gasteiger partial charge in [0.15, 0.2) is 0 Å². The summed E-state index contributed by atoms with van der Waals surface area (Å²) in [6.45, 7) is 3.07. The lowest BCUT2D eigenvalue weighted by molar-refractivity contribution is 0.587. The number of benzene rings is 2. The zero-order chi connectivity index (χ0) is 17.3. The largest absolute Gasteiger partial charge is 0.241 e. The van der Waals surface area contributed by atoms with E-state index in [1.807, 2.05) is 0 Å². The van der Waals surface area contributed by atoms with E-state index < -0.39 is 25.3 Å². The van der Waals surface area contributed by atoms with Crippen molar-refractivity contribution < 1.29 is 16.8 Å². The highest BCUT2D eigenvalue weighted by Crippen LogP contribution is 2.34. The van der Waals surface area contributed by atoms with Crippen molar-refractivity contribution in [2.24, 2.45) is 5.14 Å². The third-order valence-electron chi connectivity index (χ3n) is 3.23. The molecule has 2 rings (SSSR count). The first kappa shape index (κ1) is 17.5. The Morgan fingerprint density at radius 1 is 0.870 bits per heavy atom. The minimum atomic E-state index is -4.08. The van der Waals surface area contributed by atoms with Crippen molar-refractivity contribution in [2.45, 2.75) is 24.0 Å². The van der Waals surface area contributed by atoms with E-state index in [0.29, 0.717) is 5.69 Å². The molecule has 2 N–H and O–H groups in total. The van der Waals surface area contributed by atoms with E-state index in [9.17, 15) is 16.8 Å². The van der Waals surface area contributed by atoms with E-state index >= 15 is 0 Å². The van der Waals surface area contributed by atoms with Gasteiger partial charge in [-0.1, -0.05) is 30.3 Å². The summed E-state index contributed by atoms with van der Waals surface area (Å²) < 4.78 is 50.3. The SMILES string of the molecule is CC(C)S(=O)(=O)N(c1ccccc1)c1ccccc1S(N)(=O)=O. The van der Waals surface area contributed by atoms with Gasteiger partial charge in [-0.2, -0.15) is 0 Å². The maximum Gasteiger partial charge on any atom is 0.241 e. The first-order valence-corrected chi connectivity index (χ1v) is 9.91. The van der Waals surface area contributed by atoms with Gasteiger partial charge < -0.3 is 0 Å². The molecule has 0 spiro atoms. The minimum Gasteiger partial charge on any atom is -0.237 e. The molecule has 0 atom stereocenters. The van der Waals surface area contributed by atoms with Crippen LogP contribution in [-0.4, -0.2) is 22.1 Å². The van der Waals surface area contributed by atoms with E-state index in [1.54, 1.807) is 36.4 Å². The second-order valence-electron chi connectivity index (χ2n) is 5.21. The molecule has 124 valence electrons. The third kappa shape index (κ3) is 3.54. The standard InChI is InChI=1S/C15H18N2O4S2/c1-12(2)23(20,21)17(13-8-4-3-5-9-13)14-10-6-7-11-15(14)22(16,18)19/h3-12H,1-2H3,(H2,16,18,19). The Morgan fingerprint density at radius 3 is 1.91 bits per heavy atom. The molecule has 23 heavy (non-hydrogen) atoms. The van der Waals surface area contributed by atoms with Crippen LogP contribution in [-0.2, 0) is 20.0 Å². The smallest absolute Gasteiger partial charge is 0.237 e. The van der Waals surface area contributed by atoms with Crippen molar-refractivity contribution in [3.05, 3.63) is 54.6 Å². The molecule has 0 radical (unpaired) electrons. The summed E-state index contributed by atoms with van der Waals surface area (Å²) in [6, 6.07) is 14.1. The highest BCUT2D eigenvalue weighted by atomic mass is 32.2. The fourth-order valence-electron chi connectivity index (χ4n) is 2.06. The molecule has 0 aliphatic heterocycles. The first-order chi connectivity index (χ1) is 10.7. The molecule has 0 saturated heterocycles. The maximum absolute atomic E-state index is 12.8. The van der Waals surface area contributed by atoms with Crippen molar-refractivity contribution in [3.63, 3.8) is 0 Å². The Labute approximate surface area is 136 Å². The summed E-state index contributed by atoms with van der Waals surface area (Å²) in [5.74, 6) is 0. The second-order valence-corrected chi connectivity index (χ2v) is 9.07. The number of nitrogens with zero attached hydrogens (tertiary/aromatic N) is 1. The molecular weight excluding hydrogens is 336 g/mol. The lowest BCUT2D eigenvalue weighted by Gasteiger charge is -2.27. The zero-order valence-corrected chi connectivity index (χ0v) is 14.4. The number of hydrogen-bond donors (Lipinski definition) is 1. The van der Waals surface area contributed by atoms with Crippen LogP contribution in [0.1, 0.15) is 13.8 Å². The Balaban J connectivity index is 2.81. The summed E-state index contributed by atoms with van der Waals surface area (Å²) in [5, 5.41) is 4.50. The van der Waals surface area contributed by atoms with Crippen LogP contribution in [0.3, 0.4) is 0 Å². The number of primary sulfonamides is 1. The minimum absolute atomic E-state index is 0.00917. The number of sulfonamides is 2. The number of rotatable bonds is 5. The average Bonchev–Trinajstić information content (AvgIpc) is 2.47. The molecule has 0 amide bonds. The summed E-state index contributed by atoms with van der Waals surface area (Å²) in [7, 11) is -7.89. The van der Waals surface area contributed by atoms with E-state index in [2.05, 4.69) is 0 Å². The van der Waals surface area contributed by atoms with E-state index in [4.69, 9.17) is 5.14 Å². The van der Waals surface area contributed by atoms with Crippen molar-refractivity contribution in [1.29, 1.82) is 0 Å². The molecule has 0 aliphatic rings. The fraction of sp³-hybridized carbons (Fsp3) is 0.200. The molecule has 0 aliphatic carbocycles. The van der Waals surface area contributed by atoms with Gasteiger partial charge in [0.05, 0.1) is 16.6 Å². The van der Waals surface area contributed by atoms with Crippen LogP contribution in [0.4, 0.5) is 11.4 Å². The van der Waals surface area contributed by atoms with Crippen LogP contribution < -0.4 is 9.44 Å². The summed E-state index contributed by atoms with van der Waals surface area (Å²) >= 11 is 0. The van der Waals surface area contributed by atoms with E-state index in [1.165, 1.54) is 32.0 Å². The normalized spacial score (nSPS) is 12.3. The Morgan fingerprint density at radius 2 is 1.39 bits per heavy atom. The molecule has 0 fully saturated rings. The number of nitrogens with two attached hydrogens (primary N) is 1. The molecule has 6 nitrogen and oxygen atoms in total. The monoisotopic (exact) mass is 354 g/mol. The van der Waals surface area contributed by atoms with Gasteiger partial charge in [0.2, 0.25) is 20.0 Å². The van der Waals surface area contributed by atoms with Gasteiger partial charge in [0, 0.05) is 0 Å². The first-order valence-electron chi connectivity index (χ1n) is 6.86. The highest BCUT2D eigenvalue weighted by molar-refractivity contribution is 7.94.